The van der Waals surface area contributed by atoms with Crippen molar-refractivity contribution in [3.63, 3.8) is 0 Å². The Bertz CT molecular complexity index is 558. The van der Waals surface area contributed by atoms with Crippen molar-refractivity contribution >= 4 is 11.8 Å². The van der Waals surface area contributed by atoms with E-state index in [2.05, 4.69) is 20.3 Å². The molecule has 20 heavy (non-hydrogen) atoms. The minimum Gasteiger partial charge on any atom is -0.508 e. The lowest BCUT2D eigenvalue weighted by molar-refractivity contribution is -0.322. The van der Waals surface area contributed by atoms with Gasteiger partial charge in [0.05, 0.1) is 12.3 Å². The molecule has 1 aromatic heterocycles. The molecule has 1 heterocycles. The van der Waals surface area contributed by atoms with Gasteiger partial charge < -0.3 is 5.11 Å². The Morgan fingerprint density at radius 1 is 1.25 bits per heavy atom. The van der Waals surface area contributed by atoms with Crippen LogP contribution in [-0.2, 0) is 4.74 Å². The maximum Gasteiger partial charge on any atom is 0.522 e. The average Bonchev–Trinajstić information content (AvgIpc) is 2.83. The number of aromatic nitrogens is 4. The molecule has 0 aliphatic heterocycles. The van der Waals surface area contributed by atoms with Crippen LogP contribution in [-0.4, -0.2) is 44.0 Å². The summed E-state index contributed by atoms with van der Waals surface area (Å²) >= 11 is 1.03. The summed E-state index contributed by atoms with van der Waals surface area (Å²) < 4.78 is 40.4. The molecule has 0 radical (unpaired) electrons. The van der Waals surface area contributed by atoms with Gasteiger partial charge >= 0.3 is 6.36 Å². The molecule has 0 aliphatic rings. The number of phenols is 1. The van der Waals surface area contributed by atoms with Gasteiger partial charge in [-0.1, -0.05) is 11.8 Å². The van der Waals surface area contributed by atoms with Crippen LogP contribution in [0.25, 0.3) is 5.69 Å². The fraction of sp³-hybridized carbons (Fsp3) is 0.300. The summed E-state index contributed by atoms with van der Waals surface area (Å²) in [5.41, 5.74) is 0.590. The molecular formula is C10H9F3N4O2S. The fourth-order valence-electron chi connectivity index (χ4n) is 1.32. The maximum absolute atomic E-state index is 11.8. The fourth-order valence-corrected chi connectivity index (χ4v) is 2.02. The second-order valence-corrected chi connectivity index (χ2v) is 4.59. The third-order valence-electron chi connectivity index (χ3n) is 2.12. The van der Waals surface area contributed by atoms with Crippen molar-refractivity contribution < 1.29 is 23.0 Å². The van der Waals surface area contributed by atoms with E-state index >= 15 is 0 Å². The lowest BCUT2D eigenvalue weighted by Gasteiger charge is -2.07. The molecule has 0 aliphatic carbocycles. The van der Waals surface area contributed by atoms with E-state index in [1.165, 1.54) is 16.8 Å². The van der Waals surface area contributed by atoms with Crippen molar-refractivity contribution in [2.24, 2.45) is 0 Å². The summed E-state index contributed by atoms with van der Waals surface area (Å²) in [7, 11) is 0. The van der Waals surface area contributed by atoms with Crippen LogP contribution >= 0.6 is 11.8 Å². The molecule has 0 saturated heterocycles. The van der Waals surface area contributed by atoms with Gasteiger partial charge in [-0.25, -0.2) is 0 Å². The normalized spacial score (nSPS) is 11.8. The van der Waals surface area contributed by atoms with Gasteiger partial charge in [-0.15, -0.1) is 18.3 Å². The highest BCUT2D eigenvalue weighted by Crippen LogP contribution is 2.21. The summed E-state index contributed by atoms with van der Waals surface area (Å²) in [4.78, 5) is 0. The number of tetrazole rings is 1. The minimum atomic E-state index is -4.64. The van der Waals surface area contributed by atoms with E-state index in [0.717, 1.165) is 11.8 Å². The average molecular weight is 306 g/mol. The molecule has 0 amide bonds. The van der Waals surface area contributed by atoms with Crippen LogP contribution in [0.2, 0.25) is 0 Å². The van der Waals surface area contributed by atoms with E-state index < -0.39 is 13.0 Å². The number of hydrogen-bond acceptors (Lipinski definition) is 6. The largest absolute Gasteiger partial charge is 0.522 e. The molecule has 0 bridgehead atoms. The Morgan fingerprint density at radius 2 is 1.95 bits per heavy atom. The highest BCUT2D eigenvalue weighted by molar-refractivity contribution is 7.99. The monoisotopic (exact) mass is 306 g/mol. The number of thioether (sulfide) groups is 1. The molecule has 0 spiro atoms. The topological polar surface area (TPSA) is 73.1 Å². The zero-order chi connectivity index (χ0) is 14.6. The third kappa shape index (κ3) is 4.10. The van der Waals surface area contributed by atoms with E-state index in [-0.39, 0.29) is 11.5 Å². The number of aromatic hydroxyl groups is 1. The lowest BCUT2D eigenvalue weighted by atomic mass is 10.3. The zero-order valence-electron chi connectivity index (χ0n) is 9.91. The Hall–Kier alpha value is -1.81. The Balaban J connectivity index is 1.97. The first kappa shape index (κ1) is 14.6. The molecule has 0 unspecified atom stereocenters. The number of nitrogens with zero attached hydrogens (tertiary/aromatic N) is 4. The van der Waals surface area contributed by atoms with Crippen LogP contribution in [0.15, 0.2) is 29.4 Å². The molecular weight excluding hydrogens is 297 g/mol. The quantitative estimate of drug-likeness (QED) is 0.673. The first-order chi connectivity index (χ1) is 9.46. The van der Waals surface area contributed by atoms with Crippen LogP contribution in [0, 0.1) is 0 Å². The van der Waals surface area contributed by atoms with E-state index in [4.69, 9.17) is 0 Å². The van der Waals surface area contributed by atoms with Gasteiger partial charge in [0.2, 0.25) is 5.16 Å². The second-order valence-electron chi connectivity index (χ2n) is 3.53. The Labute approximate surface area is 115 Å². The molecule has 2 rings (SSSR count). The van der Waals surface area contributed by atoms with E-state index in [0.29, 0.717) is 10.8 Å². The number of benzene rings is 1. The number of hydrogen-bond donors (Lipinski definition) is 1. The van der Waals surface area contributed by atoms with Gasteiger partial charge in [0, 0.05) is 5.75 Å². The van der Waals surface area contributed by atoms with E-state index in [1.54, 1.807) is 12.1 Å². The molecule has 2 aromatic rings. The molecule has 1 aromatic carbocycles. The van der Waals surface area contributed by atoms with Crippen molar-refractivity contribution in [2.75, 3.05) is 12.4 Å². The van der Waals surface area contributed by atoms with Crippen molar-refractivity contribution in [2.45, 2.75) is 11.5 Å². The number of rotatable bonds is 5. The van der Waals surface area contributed by atoms with Crippen molar-refractivity contribution in [1.29, 1.82) is 0 Å². The van der Waals surface area contributed by atoms with Gasteiger partial charge in [-0.3, -0.25) is 4.74 Å². The van der Waals surface area contributed by atoms with E-state index in [1.807, 2.05) is 0 Å². The SMILES string of the molecule is Oc1ccc(-n2nnnc2SCCOC(F)(F)F)cc1. The minimum absolute atomic E-state index is 0.0535. The number of phenolic OH excluding ortho intramolecular Hbond substituents is 1. The van der Waals surface area contributed by atoms with Crippen LogP contribution in [0.3, 0.4) is 0 Å². The summed E-state index contributed by atoms with van der Waals surface area (Å²) in [6, 6.07) is 6.08. The van der Waals surface area contributed by atoms with Crippen LogP contribution in [0.1, 0.15) is 0 Å². The lowest BCUT2D eigenvalue weighted by Crippen LogP contribution is -2.15. The summed E-state index contributed by atoms with van der Waals surface area (Å²) in [6.07, 6.45) is -4.64. The zero-order valence-corrected chi connectivity index (χ0v) is 10.7. The summed E-state index contributed by atoms with van der Waals surface area (Å²) in [6.45, 7) is -0.489. The number of halogens is 3. The highest BCUT2D eigenvalue weighted by Gasteiger charge is 2.28. The summed E-state index contributed by atoms with van der Waals surface area (Å²) in [5.74, 6) is 0.146. The van der Waals surface area contributed by atoms with Crippen molar-refractivity contribution in [1.82, 2.24) is 20.2 Å². The van der Waals surface area contributed by atoms with Crippen molar-refractivity contribution in [3.05, 3.63) is 24.3 Å². The first-order valence-electron chi connectivity index (χ1n) is 5.37. The smallest absolute Gasteiger partial charge is 0.508 e. The van der Waals surface area contributed by atoms with Crippen LogP contribution in [0.5, 0.6) is 5.75 Å². The van der Waals surface area contributed by atoms with E-state index in [9.17, 15) is 18.3 Å². The van der Waals surface area contributed by atoms with Gasteiger partial charge in [0.15, 0.2) is 0 Å². The van der Waals surface area contributed by atoms with Crippen LogP contribution in [0.4, 0.5) is 13.2 Å². The predicted molar refractivity (Wildman–Crippen MR) is 63.5 cm³/mol. The van der Waals surface area contributed by atoms with Gasteiger partial charge in [-0.2, -0.15) is 4.68 Å². The summed E-state index contributed by atoms with van der Waals surface area (Å²) in [5, 5.41) is 20.4. The predicted octanol–water partition coefficient (Wildman–Crippen LogP) is 2.00. The van der Waals surface area contributed by atoms with Crippen LogP contribution < -0.4 is 0 Å². The number of ether oxygens (including phenoxy) is 1. The molecule has 0 saturated carbocycles. The first-order valence-corrected chi connectivity index (χ1v) is 6.35. The maximum atomic E-state index is 11.8. The van der Waals surface area contributed by atoms with Gasteiger partial charge in [-0.05, 0) is 34.7 Å². The molecule has 0 atom stereocenters. The van der Waals surface area contributed by atoms with Crippen molar-refractivity contribution in [3.8, 4) is 11.4 Å². The Morgan fingerprint density at radius 3 is 2.60 bits per heavy atom. The molecule has 108 valence electrons. The number of alkyl halides is 3. The third-order valence-corrected chi connectivity index (χ3v) is 3.00. The molecule has 1 N–H and O–H groups in total. The molecule has 10 heteroatoms. The molecule has 0 fully saturated rings. The Kier molecular flexibility index (Phi) is 4.45. The molecule has 6 nitrogen and oxygen atoms in total. The standard InChI is InChI=1S/C10H9F3N4O2S/c11-10(12,13)19-5-6-20-9-14-15-16-17(9)7-1-3-8(18)4-2-7/h1-4,18H,5-6H2. The highest BCUT2D eigenvalue weighted by atomic mass is 32.2. The second kappa shape index (κ2) is 6.09. The van der Waals surface area contributed by atoms with Gasteiger partial charge in [0.1, 0.15) is 5.75 Å². The van der Waals surface area contributed by atoms with Gasteiger partial charge in [0.25, 0.3) is 0 Å².